The van der Waals surface area contributed by atoms with Crippen LogP contribution in [0.2, 0.25) is 15.1 Å². The predicted octanol–water partition coefficient (Wildman–Crippen LogP) is 3.93. The van der Waals surface area contributed by atoms with Gasteiger partial charge < -0.3 is 0 Å². The van der Waals surface area contributed by atoms with Crippen LogP contribution in [-0.4, -0.2) is 0 Å². The van der Waals surface area contributed by atoms with E-state index in [0.717, 1.165) is 0 Å². The summed E-state index contributed by atoms with van der Waals surface area (Å²) in [6.45, 7) is 0. The molecule has 0 aliphatic carbocycles. The van der Waals surface area contributed by atoms with Crippen LogP contribution in [0.25, 0.3) is 0 Å². The molecule has 0 nitrogen and oxygen atoms in total. The van der Waals surface area contributed by atoms with Crippen molar-refractivity contribution in [2.24, 2.45) is 0 Å². The molecule has 0 heterocycles. The van der Waals surface area contributed by atoms with Crippen molar-refractivity contribution in [3.05, 3.63) is 27.2 Å². The molecule has 0 spiro atoms. The molecular weight excluding hydrogens is 276 g/mol. The molecule has 0 amide bonds. The largest absolute Gasteiger partial charge is 2.00 e. The van der Waals surface area contributed by atoms with Crippen LogP contribution in [0, 0.1) is 0 Å². The van der Waals surface area contributed by atoms with E-state index in [-0.39, 0.29) is 19.5 Å². The maximum atomic E-state index is 5.67. The molecule has 0 saturated heterocycles. The number of rotatable bonds is 0. The zero-order valence-electron chi connectivity index (χ0n) is 5.44. The smallest absolute Gasteiger partial charge is 0.142 e. The van der Waals surface area contributed by atoms with Crippen molar-refractivity contribution in [3.8, 4) is 0 Å². The normalized spacial score (nSPS) is 9.09. The van der Waals surface area contributed by atoms with Crippen molar-refractivity contribution < 1.29 is 19.5 Å². The minimum absolute atomic E-state index is 0. The van der Waals surface area contributed by atoms with Gasteiger partial charge in [-0.2, -0.15) is 0 Å². The van der Waals surface area contributed by atoms with Crippen molar-refractivity contribution in [2.75, 3.05) is 0 Å². The Morgan fingerprint density at radius 2 is 1.36 bits per heavy atom. The van der Waals surface area contributed by atoms with Crippen LogP contribution in [0.1, 0.15) is 0 Å². The van der Waals surface area contributed by atoms with Gasteiger partial charge in [0.2, 0.25) is 0 Å². The average Bonchev–Trinajstić information content (AvgIpc) is 1.84. The maximum absolute atomic E-state index is 5.67. The fraction of sp³-hybridized carbons (Fsp3) is 0. The van der Waals surface area contributed by atoms with Gasteiger partial charge in [0.15, 0.2) is 0 Å². The van der Waals surface area contributed by atoms with Gasteiger partial charge in [-0.25, -0.2) is 0 Å². The summed E-state index contributed by atoms with van der Waals surface area (Å²) in [6, 6.07) is 3.17. The molecule has 0 bridgehead atoms. The quantitative estimate of drug-likeness (QED) is 0.415. The molecule has 0 atom stereocenters. The first-order valence-electron chi connectivity index (χ1n) is 2.45. The van der Waals surface area contributed by atoms with E-state index in [4.69, 9.17) is 34.8 Å². The van der Waals surface area contributed by atoms with Gasteiger partial charge in [-0.15, -0.1) is 12.6 Å². The van der Waals surface area contributed by atoms with Crippen LogP contribution in [0.3, 0.4) is 0 Å². The van der Waals surface area contributed by atoms with Crippen LogP contribution in [0.4, 0.5) is 0 Å². The van der Waals surface area contributed by atoms with Gasteiger partial charge in [-0.05, 0) is 12.1 Å². The van der Waals surface area contributed by atoms with Crippen molar-refractivity contribution in [1.82, 2.24) is 0 Å². The summed E-state index contributed by atoms with van der Waals surface area (Å²) < 4.78 is 0. The summed E-state index contributed by atoms with van der Waals surface area (Å²) in [5, 5.41) is 1.43. The summed E-state index contributed by atoms with van der Waals surface area (Å²) >= 11 is 21.0. The van der Waals surface area contributed by atoms with Gasteiger partial charge in [-0.3, -0.25) is 0 Å². The van der Waals surface area contributed by atoms with Crippen molar-refractivity contribution in [2.45, 2.75) is 4.90 Å². The standard InChI is InChI=1S/C6H3Cl3S.Zn/c7-3-1-5(9)6(10)2-4(3)8;/h1-2,10H;/q;+2. The first-order chi connectivity index (χ1) is 4.61. The minimum Gasteiger partial charge on any atom is -0.142 e. The fourth-order valence-electron chi connectivity index (χ4n) is 0.512. The molecule has 54 valence electrons. The SMILES string of the molecule is Sc1cc(Cl)c(Cl)cc1Cl.[Zn+2]. The molecule has 0 unspecified atom stereocenters. The molecule has 0 saturated carbocycles. The van der Waals surface area contributed by atoms with E-state index in [0.29, 0.717) is 20.0 Å². The second-order valence-corrected chi connectivity index (χ2v) is 3.42. The molecule has 0 aliphatic rings. The Balaban J connectivity index is 0.000001000. The van der Waals surface area contributed by atoms with E-state index in [9.17, 15) is 0 Å². The Morgan fingerprint density at radius 3 is 1.82 bits per heavy atom. The molecule has 0 N–H and O–H groups in total. The molecule has 0 aliphatic heterocycles. The zero-order chi connectivity index (χ0) is 7.72. The second kappa shape index (κ2) is 4.94. The number of hydrogen-bond donors (Lipinski definition) is 1. The van der Waals surface area contributed by atoms with Gasteiger partial charge >= 0.3 is 19.5 Å². The molecule has 0 fully saturated rings. The molecule has 5 heteroatoms. The summed E-state index contributed by atoms with van der Waals surface area (Å²) in [7, 11) is 0. The second-order valence-electron chi connectivity index (χ2n) is 1.72. The average molecular weight is 279 g/mol. The Kier molecular flexibility index (Phi) is 5.42. The Hall–Kier alpha value is 1.06. The number of hydrogen-bond acceptors (Lipinski definition) is 1. The van der Waals surface area contributed by atoms with Gasteiger partial charge in [0.25, 0.3) is 0 Å². The summed E-state index contributed by atoms with van der Waals surface area (Å²) in [5.41, 5.74) is 0. The third-order valence-corrected chi connectivity index (χ3v) is 2.53. The van der Waals surface area contributed by atoms with Crippen LogP contribution >= 0.6 is 47.4 Å². The fourth-order valence-corrected chi connectivity index (χ4v) is 1.33. The number of thiol groups is 1. The molecule has 0 aromatic heterocycles. The maximum Gasteiger partial charge on any atom is 2.00 e. The van der Waals surface area contributed by atoms with Gasteiger partial charge in [0.1, 0.15) is 0 Å². The van der Waals surface area contributed by atoms with Crippen LogP contribution in [-0.2, 0) is 19.5 Å². The molecule has 1 aromatic carbocycles. The number of benzene rings is 1. The van der Waals surface area contributed by atoms with Crippen molar-refractivity contribution >= 4 is 47.4 Å². The molecular formula is C6H3Cl3SZn+2. The number of halogens is 3. The van der Waals surface area contributed by atoms with E-state index in [1.807, 2.05) is 0 Å². The summed E-state index contributed by atoms with van der Waals surface area (Å²) in [4.78, 5) is 0.635. The molecule has 0 radical (unpaired) electrons. The molecule has 1 aromatic rings. The van der Waals surface area contributed by atoms with Crippen molar-refractivity contribution in [3.63, 3.8) is 0 Å². The Bertz CT molecular complexity index is 214. The van der Waals surface area contributed by atoms with Crippen LogP contribution in [0.15, 0.2) is 17.0 Å². The van der Waals surface area contributed by atoms with Gasteiger partial charge in [-0.1, -0.05) is 34.8 Å². The first-order valence-corrected chi connectivity index (χ1v) is 4.03. The Labute approximate surface area is 98.4 Å². The topological polar surface area (TPSA) is 0 Å². The Morgan fingerprint density at radius 1 is 0.909 bits per heavy atom. The van der Waals surface area contributed by atoms with Crippen LogP contribution < -0.4 is 0 Å². The monoisotopic (exact) mass is 276 g/mol. The third kappa shape index (κ3) is 3.12. The van der Waals surface area contributed by atoms with E-state index in [1.165, 1.54) is 0 Å². The van der Waals surface area contributed by atoms with E-state index < -0.39 is 0 Å². The van der Waals surface area contributed by atoms with Crippen LogP contribution in [0.5, 0.6) is 0 Å². The predicted molar refractivity (Wildman–Crippen MR) is 48.7 cm³/mol. The van der Waals surface area contributed by atoms with Crippen molar-refractivity contribution in [1.29, 1.82) is 0 Å². The minimum atomic E-state index is 0. The summed E-state index contributed by atoms with van der Waals surface area (Å²) in [5.74, 6) is 0. The molecule has 1 rings (SSSR count). The van der Waals surface area contributed by atoms with Gasteiger partial charge in [0, 0.05) is 4.90 Å². The third-order valence-electron chi connectivity index (χ3n) is 0.990. The molecule has 11 heavy (non-hydrogen) atoms. The first kappa shape index (κ1) is 12.1. The van der Waals surface area contributed by atoms with E-state index in [1.54, 1.807) is 12.1 Å². The van der Waals surface area contributed by atoms with E-state index in [2.05, 4.69) is 12.6 Å². The van der Waals surface area contributed by atoms with E-state index >= 15 is 0 Å². The van der Waals surface area contributed by atoms with Gasteiger partial charge in [0.05, 0.1) is 15.1 Å². The zero-order valence-corrected chi connectivity index (χ0v) is 11.6. The summed E-state index contributed by atoms with van der Waals surface area (Å²) in [6.07, 6.45) is 0.